The minimum Gasteiger partial charge on any atom is -0.371 e. The fourth-order valence-electron chi connectivity index (χ4n) is 2.26. The van der Waals surface area contributed by atoms with Crippen LogP contribution in [-0.4, -0.2) is 19.6 Å². The first-order valence-corrected chi connectivity index (χ1v) is 6.71. The second-order valence-electron chi connectivity index (χ2n) is 4.76. The number of nitrogens with two attached hydrogens (primary N) is 1. The van der Waals surface area contributed by atoms with Crippen molar-refractivity contribution in [2.24, 2.45) is 11.1 Å². The topological polar surface area (TPSA) is 29.3 Å². The molecule has 0 unspecified atom stereocenters. The highest BCUT2D eigenvalue weighted by Gasteiger charge is 2.26. The van der Waals surface area contributed by atoms with Gasteiger partial charge in [-0.15, -0.1) is 0 Å². The number of nitrogens with zero attached hydrogens (tertiary/aromatic N) is 1. The number of benzene rings is 1. The SMILES string of the molecule is CCN(CC(CC)(CC)CN)c1ccccc1. The molecule has 96 valence electrons. The Morgan fingerprint density at radius 3 is 2.06 bits per heavy atom. The zero-order chi connectivity index (χ0) is 12.7. The largest absolute Gasteiger partial charge is 0.371 e. The smallest absolute Gasteiger partial charge is 0.0366 e. The molecule has 2 heteroatoms. The van der Waals surface area contributed by atoms with Crippen LogP contribution in [0.2, 0.25) is 0 Å². The lowest BCUT2D eigenvalue weighted by molar-refractivity contribution is 0.277. The molecular weight excluding hydrogens is 208 g/mol. The Bertz CT molecular complexity index is 296. The van der Waals surface area contributed by atoms with Gasteiger partial charge in [0.15, 0.2) is 0 Å². The lowest BCUT2D eigenvalue weighted by Crippen LogP contribution is -2.42. The zero-order valence-corrected chi connectivity index (χ0v) is 11.4. The van der Waals surface area contributed by atoms with Crippen LogP contribution >= 0.6 is 0 Å². The summed E-state index contributed by atoms with van der Waals surface area (Å²) in [5, 5.41) is 0. The van der Waals surface area contributed by atoms with E-state index in [4.69, 9.17) is 5.73 Å². The van der Waals surface area contributed by atoms with Gasteiger partial charge in [0, 0.05) is 18.8 Å². The van der Waals surface area contributed by atoms with Gasteiger partial charge in [0.2, 0.25) is 0 Å². The normalized spacial score (nSPS) is 11.5. The molecule has 0 aromatic heterocycles. The third kappa shape index (κ3) is 3.47. The third-order valence-electron chi connectivity index (χ3n) is 3.96. The molecule has 0 radical (unpaired) electrons. The second kappa shape index (κ2) is 6.65. The summed E-state index contributed by atoms with van der Waals surface area (Å²) in [4.78, 5) is 2.43. The van der Waals surface area contributed by atoms with Crippen molar-refractivity contribution in [1.29, 1.82) is 0 Å². The van der Waals surface area contributed by atoms with E-state index < -0.39 is 0 Å². The molecule has 0 atom stereocenters. The molecule has 0 aliphatic carbocycles. The first-order chi connectivity index (χ1) is 8.21. The highest BCUT2D eigenvalue weighted by Crippen LogP contribution is 2.28. The molecular formula is C15H26N2. The summed E-state index contributed by atoms with van der Waals surface area (Å²) in [6.07, 6.45) is 2.28. The molecule has 0 aliphatic heterocycles. The lowest BCUT2D eigenvalue weighted by Gasteiger charge is -2.37. The second-order valence-corrected chi connectivity index (χ2v) is 4.76. The van der Waals surface area contributed by atoms with Gasteiger partial charge in [-0.25, -0.2) is 0 Å². The number of para-hydroxylation sites is 1. The van der Waals surface area contributed by atoms with Crippen LogP contribution in [0.1, 0.15) is 33.6 Å². The Labute approximate surface area is 106 Å². The molecule has 1 aromatic rings. The first kappa shape index (κ1) is 14.0. The van der Waals surface area contributed by atoms with E-state index >= 15 is 0 Å². The van der Waals surface area contributed by atoms with Crippen molar-refractivity contribution in [2.45, 2.75) is 33.6 Å². The van der Waals surface area contributed by atoms with Gasteiger partial charge < -0.3 is 10.6 Å². The molecule has 17 heavy (non-hydrogen) atoms. The fourth-order valence-corrected chi connectivity index (χ4v) is 2.26. The molecule has 1 aromatic carbocycles. The number of rotatable bonds is 7. The summed E-state index contributed by atoms with van der Waals surface area (Å²) < 4.78 is 0. The summed E-state index contributed by atoms with van der Waals surface area (Å²) in [6.45, 7) is 9.55. The van der Waals surface area contributed by atoms with Crippen LogP contribution in [-0.2, 0) is 0 Å². The highest BCUT2D eigenvalue weighted by atomic mass is 15.1. The van der Waals surface area contributed by atoms with E-state index in [1.807, 2.05) is 0 Å². The Kier molecular flexibility index (Phi) is 5.49. The van der Waals surface area contributed by atoms with Gasteiger partial charge in [0.25, 0.3) is 0 Å². The summed E-state index contributed by atoms with van der Waals surface area (Å²) in [5.74, 6) is 0. The average molecular weight is 234 g/mol. The van der Waals surface area contributed by atoms with Gasteiger partial charge in [0.1, 0.15) is 0 Å². The Balaban J connectivity index is 2.82. The fraction of sp³-hybridized carbons (Fsp3) is 0.600. The predicted molar refractivity (Wildman–Crippen MR) is 76.4 cm³/mol. The van der Waals surface area contributed by atoms with Gasteiger partial charge in [-0.1, -0.05) is 32.0 Å². The lowest BCUT2D eigenvalue weighted by atomic mass is 9.82. The Morgan fingerprint density at radius 1 is 1.06 bits per heavy atom. The molecule has 0 spiro atoms. The maximum Gasteiger partial charge on any atom is 0.0366 e. The van der Waals surface area contributed by atoms with Crippen LogP contribution < -0.4 is 10.6 Å². The van der Waals surface area contributed by atoms with Crippen LogP contribution in [0.15, 0.2) is 30.3 Å². The van der Waals surface area contributed by atoms with Crippen molar-refractivity contribution in [3.63, 3.8) is 0 Å². The summed E-state index contributed by atoms with van der Waals surface area (Å²) in [7, 11) is 0. The number of hydrogen-bond donors (Lipinski definition) is 1. The molecule has 1 rings (SSSR count). The summed E-state index contributed by atoms with van der Waals surface area (Å²) >= 11 is 0. The Morgan fingerprint density at radius 2 is 1.65 bits per heavy atom. The van der Waals surface area contributed by atoms with Crippen LogP contribution in [0.25, 0.3) is 0 Å². The van der Waals surface area contributed by atoms with Crippen LogP contribution in [0.3, 0.4) is 0 Å². The molecule has 0 heterocycles. The quantitative estimate of drug-likeness (QED) is 0.784. The van der Waals surface area contributed by atoms with Gasteiger partial charge >= 0.3 is 0 Å². The molecule has 0 amide bonds. The molecule has 2 N–H and O–H groups in total. The van der Waals surface area contributed by atoms with Crippen molar-refractivity contribution in [3.05, 3.63) is 30.3 Å². The molecule has 0 saturated carbocycles. The van der Waals surface area contributed by atoms with E-state index in [1.165, 1.54) is 5.69 Å². The first-order valence-electron chi connectivity index (χ1n) is 6.71. The van der Waals surface area contributed by atoms with E-state index in [-0.39, 0.29) is 5.41 Å². The van der Waals surface area contributed by atoms with Crippen LogP contribution in [0, 0.1) is 5.41 Å². The molecule has 0 aliphatic rings. The monoisotopic (exact) mass is 234 g/mol. The van der Waals surface area contributed by atoms with Gasteiger partial charge in [-0.2, -0.15) is 0 Å². The van der Waals surface area contributed by atoms with E-state index in [0.29, 0.717) is 0 Å². The standard InChI is InChI=1S/C15H26N2/c1-4-15(5-2,12-16)13-17(6-3)14-10-8-7-9-11-14/h7-11H,4-6,12-13,16H2,1-3H3. The van der Waals surface area contributed by atoms with Gasteiger partial charge in [0.05, 0.1) is 0 Å². The molecule has 0 fully saturated rings. The van der Waals surface area contributed by atoms with E-state index in [2.05, 4.69) is 56.0 Å². The van der Waals surface area contributed by atoms with Crippen LogP contribution in [0.4, 0.5) is 5.69 Å². The minimum atomic E-state index is 0.256. The third-order valence-corrected chi connectivity index (χ3v) is 3.96. The van der Waals surface area contributed by atoms with E-state index in [9.17, 15) is 0 Å². The van der Waals surface area contributed by atoms with Crippen molar-refractivity contribution >= 4 is 5.69 Å². The highest BCUT2D eigenvalue weighted by molar-refractivity contribution is 5.46. The van der Waals surface area contributed by atoms with Gasteiger partial charge in [-0.05, 0) is 43.9 Å². The zero-order valence-electron chi connectivity index (χ0n) is 11.4. The number of anilines is 1. The van der Waals surface area contributed by atoms with Crippen molar-refractivity contribution in [3.8, 4) is 0 Å². The van der Waals surface area contributed by atoms with Crippen molar-refractivity contribution in [1.82, 2.24) is 0 Å². The average Bonchev–Trinajstić information content (AvgIpc) is 2.42. The Hall–Kier alpha value is -1.02. The number of hydrogen-bond acceptors (Lipinski definition) is 2. The molecule has 0 saturated heterocycles. The minimum absolute atomic E-state index is 0.256. The molecule has 0 bridgehead atoms. The maximum absolute atomic E-state index is 5.98. The predicted octanol–water partition coefficient (Wildman–Crippen LogP) is 3.28. The van der Waals surface area contributed by atoms with Crippen molar-refractivity contribution in [2.75, 3.05) is 24.5 Å². The summed E-state index contributed by atoms with van der Waals surface area (Å²) in [6, 6.07) is 10.6. The van der Waals surface area contributed by atoms with E-state index in [1.54, 1.807) is 0 Å². The maximum atomic E-state index is 5.98. The van der Waals surface area contributed by atoms with Crippen molar-refractivity contribution < 1.29 is 0 Å². The molecule has 2 nitrogen and oxygen atoms in total. The summed E-state index contributed by atoms with van der Waals surface area (Å²) in [5.41, 5.74) is 7.54. The van der Waals surface area contributed by atoms with E-state index in [0.717, 1.165) is 32.5 Å². The van der Waals surface area contributed by atoms with Gasteiger partial charge in [-0.3, -0.25) is 0 Å². The van der Waals surface area contributed by atoms with Crippen LogP contribution in [0.5, 0.6) is 0 Å².